The molecule has 1 aliphatic heterocycles. The lowest BCUT2D eigenvalue weighted by molar-refractivity contribution is 0.151. The lowest BCUT2D eigenvalue weighted by Gasteiger charge is -2.31. The molecule has 0 saturated carbocycles. The van der Waals surface area contributed by atoms with Crippen LogP contribution in [0, 0.1) is 6.92 Å². The molecule has 0 aromatic carbocycles. The Balaban J connectivity index is 2.16. The maximum Gasteiger partial charge on any atom is 0.0505 e. The van der Waals surface area contributed by atoms with Gasteiger partial charge in [0.1, 0.15) is 0 Å². The van der Waals surface area contributed by atoms with Crippen molar-refractivity contribution in [2.45, 2.75) is 32.2 Å². The van der Waals surface area contributed by atoms with E-state index >= 15 is 0 Å². The summed E-state index contributed by atoms with van der Waals surface area (Å²) in [5.74, 6) is 5.95. The fourth-order valence-corrected chi connectivity index (χ4v) is 1.99. The van der Waals surface area contributed by atoms with Gasteiger partial charge in [0.05, 0.1) is 6.04 Å². The van der Waals surface area contributed by atoms with Gasteiger partial charge in [0.25, 0.3) is 0 Å². The molecule has 0 amide bonds. The summed E-state index contributed by atoms with van der Waals surface area (Å²) >= 11 is 0. The van der Waals surface area contributed by atoms with Gasteiger partial charge in [-0.25, -0.2) is 5.01 Å². The molecule has 2 rings (SSSR count). The van der Waals surface area contributed by atoms with Crippen LogP contribution in [0.2, 0.25) is 0 Å². The fraction of sp³-hybridized carbons (Fsp3) is 0.545. The predicted molar refractivity (Wildman–Crippen MR) is 56.5 cm³/mol. The van der Waals surface area contributed by atoms with Crippen LogP contribution in [0.4, 0.5) is 0 Å². The molecule has 1 aromatic heterocycles. The first-order chi connectivity index (χ1) is 6.77. The molecule has 1 saturated heterocycles. The normalized spacial score (nSPS) is 23.7. The average molecular weight is 191 g/mol. The van der Waals surface area contributed by atoms with Gasteiger partial charge in [-0.05, 0) is 31.4 Å². The van der Waals surface area contributed by atoms with Crippen LogP contribution < -0.4 is 5.84 Å². The third kappa shape index (κ3) is 1.94. The molecule has 0 spiro atoms. The Kier molecular flexibility index (Phi) is 2.79. The van der Waals surface area contributed by atoms with Crippen molar-refractivity contribution >= 4 is 0 Å². The molecular weight excluding hydrogens is 174 g/mol. The van der Waals surface area contributed by atoms with Crippen LogP contribution in [0.3, 0.4) is 0 Å². The van der Waals surface area contributed by atoms with Crippen LogP contribution in [0.25, 0.3) is 0 Å². The van der Waals surface area contributed by atoms with E-state index in [9.17, 15) is 0 Å². The summed E-state index contributed by atoms with van der Waals surface area (Å²) in [6, 6.07) is 4.56. The second-order valence-corrected chi connectivity index (χ2v) is 3.98. The molecule has 76 valence electrons. The average Bonchev–Trinajstić information content (AvgIpc) is 2.20. The Morgan fingerprint density at radius 3 is 2.93 bits per heavy atom. The first-order valence-corrected chi connectivity index (χ1v) is 5.21. The van der Waals surface area contributed by atoms with Gasteiger partial charge in [0.15, 0.2) is 0 Å². The van der Waals surface area contributed by atoms with Gasteiger partial charge < -0.3 is 0 Å². The molecule has 0 radical (unpaired) electrons. The zero-order valence-electron chi connectivity index (χ0n) is 8.61. The van der Waals surface area contributed by atoms with E-state index in [0.29, 0.717) is 6.04 Å². The van der Waals surface area contributed by atoms with E-state index in [2.05, 4.69) is 17.1 Å². The SMILES string of the molecule is Cc1ccc([C@@H]2CCCCN2N)cn1. The Morgan fingerprint density at radius 1 is 1.43 bits per heavy atom. The maximum atomic E-state index is 5.95. The Labute approximate surface area is 84.9 Å². The van der Waals surface area contributed by atoms with Crippen molar-refractivity contribution in [1.29, 1.82) is 0 Å². The van der Waals surface area contributed by atoms with Crippen LogP contribution in [-0.4, -0.2) is 16.5 Å². The molecule has 2 N–H and O–H groups in total. The van der Waals surface area contributed by atoms with Crippen molar-refractivity contribution in [2.75, 3.05) is 6.54 Å². The van der Waals surface area contributed by atoms with Crippen molar-refractivity contribution in [1.82, 2.24) is 9.99 Å². The zero-order valence-corrected chi connectivity index (χ0v) is 8.61. The van der Waals surface area contributed by atoms with Crippen molar-refractivity contribution in [3.05, 3.63) is 29.6 Å². The Bertz CT molecular complexity index is 294. The third-order valence-corrected chi connectivity index (χ3v) is 2.86. The van der Waals surface area contributed by atoms with E-state index < -0.39 is 0 Å². The summed E-state index contributed by atoms with van der Waals surface area (Å²) in [7, 11) is 0. The highest BCUT2D eigenvalue weighted by Crippen LogP contribution is 2.27. The number of aryl methyl sites for hydroxylation is 1. The molecule has 1 aliphatic rings. The molecule has 2 heterocycles. The topological polar surface area (TPSA) is 42.1 Å². The quantitative estimate of drug-likeness (QED) is 0.688. The number of nitrogens with zero attached hydrogens (tertiary/aromatic N) is 2. The number of aromatic nitrogens is 1. The van der Waals surface area contributed by atoms with Gasteiger partial charge in [0.2, 0.25) is 0 Å². The van der Waals surface area contributed by atoms with Crippen LogP contribution in [0.1, 0.15) is 36.6 Å². The summed E-state index contributed by atoms with van der Waals surface area (Å²) in [5.41, 5.74) is 2.31. The van der Waals surface area contributed by atoms with Gasteiger partial charge in [-0.2, -0.15) is 0 Å². The second-order valence-electron chi connectivity index (χ2n) is 3.98. The van der Waals surface area contributed by atoms with E-state index in [1.54, 1.807) is 0 Å². The van der Waals surface area contributed by atoms with Gasteiger partial charge in [-0.3, -0.25) is 10.8 Å². The minimum Gasteiger partial charge on any atom is -0.268 e. The van der Waals surface area contributed by atoms with Crippen LogP contribution >= 0.6 is 0 Å². The van der Waals surface area contributed by atoms with Gasteiger partial charge >= 0.3 is 0 Å². The minimum absolute atomic E-state index is 0.372. The van der Waals surface area contributed by atoms with Gasteiger partial charge in [-0.15, -0.1) is 0 Å². The third-order valence-electron chi connectivity index (χ3n) is 2.86. The number of hydrogen-bond donors (Lipinski definition) is 1. The number of pyridine rings is 1. The molecule has 3 nitrogen and oxygen atoms in total. The molecule has 1 aromatic rings. The Hall–Kier alpha value is -0.930. The largest absolute Gasteiger partial charge is 0.268 e. The summed E-state index contributed by atoms with van der Waals surface area (Å²) in [6.45, 7) is 3.00. The summed E-state index contributed by atoms with van der Waals surface area (Å²) in [4.78, 5) is 4.31. The summed E-state index contributed by atoms with van der Waals surface area (Å²) in [6.07, 6.45) is 5.59. The summed E-state index contributed by atoms with van der Waals surface area (Å²) in [5, 5.41) is 1.94. The highest BCUT2D eigenvalue weighted by atomic mass is 15.4. The molecule has 3 heteroatoms. The molecule has 1 atom stereocenters. The molecule has 0 aliphatic carbocycles. The maximum absolute atomic E-state index is 5.95. The smallest absolute Gasteiger partial charge is 0.0505 e. The van der Waals surface area contributed by atoms with Gasteiger partial charge in [0, 0.05) is 18.4 Å². The number of nitrogens with two attached hydrogens (primary N) is 1. The molecule has 0 unspecified atom stereocenters. The Morgan fingerprint density at radius 2 is 2.29 bits per heavy atom. The van der Waals surface area contributed by atoms with Crippen molar-refractivity contribution in [2.24, 2.45) is 5.84 Å². The second kappa shape index (κ2) is 4.07. The van der Waals surface area contributed by atoms with Crippen molar-refractivity contribution in [3.63, 3.8) is 0 Å². The lowest BCUT2D eigenvalue weighted by atomic mass is 9.98. The zero-order chi connectivity index (χ0) is 9.97. The van der Waals surface area contributed by atoms with Crippen molar-refractivity contribution < 1.29 is 0 Å². The summed E-state index contributed by atoms with van der Waals surface area (Å²) < 4.78 is 0. The van der Waals surface area contributed by atoms with Crippen LogP contribution in [-0.2, 0) is 0 Å². The number of rotatable bonds is 1. The molecule has 14 heavy (non-hydrogen) atoms. The number of hydrazine groups is 1. The van der Waals surface area contributed by atoms with E-state index in [0.717, 1.165) is 18.7 Å². The number of piperidine rings is 1. The standard InChI is InChI=1S/C11H17N3/c1-9-5-6-10(8-13-9)11-4-2-3-7-14(11)12/h5-6,8,11H,2-4,7,12H2,1H3/t11-/m0/s1. The first-order valence-electron chi connectivity index (χ1n) is 5.21. The van der Waals surface area contributed by atoms with E-state index in [-0.39, 0.29) is 0 Å². The molecule has 1 fully saturated rings. The van der Waals surface area contributed by atoms with Crippen molar-refractivity contribution in [3.8, 4) is 0 Å². The highest BCUT2D eigenvalue weighted by molar-refractivity contribution is 5.17. The fourth-order valence-electron chi connectivity index (χ4n) is 1.99. The predicted octanol–water partition coefficient (Wildman–Crippen LogP) is 1.79. The van der Waals surface area contributed by atoms with E-state index in [4.69, 9.17) is 5.84 Å². The van der Waals surface area contributed by atoms with Gasteiger partial charge in [-0.1, -0.05) is 12.5 Å². The minimum atomic E-state index is 0.372. The first kappa shape index (κ1) is 9.62. The monoisotopic (exact) mass is 191 g/mol. The number of hydrogen-bond acceptors (Lipinski definition) is 3. The van der Waals surface area contributed by atoms with Crippen LogP contribution in [0.5, 0.6) is 0 Å². The lowest BCUT2D eigenvalue weighted by Crippen LogP contribution is -2.38. The van der Waals surface area contributed by atoms with Crippen LogP contribution in [0.15, 0.2) is 18.3 Å². The molecular formula is C11H17N3. The molecule has 0 bridgehead atoms. The van der Waals surface area contributed by atoms with E-state index in [1.807, 2.05) is 18.1 Å². The van der Waals surface area contributed by atoms with E-state index in [1.165, 1.54) is 18.4 Å². The highest BCUT2D eigenvalue weighted by Gasteiger charge is 2.21.